The van der Waals surface area contributed by atoms with E-state index in [1.165, 1.54) is 0 Å². The second kappa shape index (κ2) is 6.58. The number of halogens is 2. The molecule has 1 aromatic heterocycles. The lowest BCUT2D eigenvalue weighted by Crippen LogP contribution is -2.21. The highest BCUT2D eigenvalue weighted by molar-refractivity contribution is 5.93. The molecule has 108 valence electrons. The standard InChI is InChI=1S/C7H5F2NO2.C7H5NO/c8-4-2-1-3-5(9)6(4)7(11)10-12;1-2-4-7-6(3-1)5-8-9-7/h1-3,12H,(H,10,11);1-5H. The van der Waals surface area contributed by atoms with E-state index in [1.54, 1.807) is 6.20 Å². The number of hydrogen-bond donors (Lipinski definition) is 2. The van der Waals surface area contributed by atoms with E-state index in [2.05, 4.69) is 5.16 Å². The third-order valence-corrected chi connectivity index (χ3v) is 2.55. The van der Waals surface area contributed by atoms with Gasteiger partial charge in [0.05, 0.1) is 6.20 Å². The van der Waals surface area contributed by atoms with E-state index in [9.17, 15) is 13.6 Å². The van der Waals surface area contributed by atoms with E-state index in [4.69, 9.17) is 9.73 Å². The number of fused-ring (bicyclic) bond motifs is 1. The molecule has 0 saturated heterocycles. The van der Waals surface area contributed by atoms with E-state index in [0.29, 0.717) is 0 Å². The van der Waals surface area contributed by atoms with Gasteiger partial charge in [-0.2, -0.15) is 0 Å². The first-order valence-electron chi connectivity index (χ1n) is 5.81. The Morgan fingerprint density at radius 1 is 1.10 bits per heavy atom. The van der Waals surface area contributed by atoms with Crippen LogP contribution in [0.3, 0.4) is 0 Å². The van der Waals surface area contributed by atoms with Crippen LogP contribution < -0.4 is 5.48 Å². The first-order valence-corrected chi connectivity index (χ1v) is 5.81. The van der Waals surface area contributed by atoms with Gasteiger partial charge in [0.2, 0.25) is 0 Å². The molecule has 0 saturated carbocycles. The van der Waals surface area contributed by atoms with Gasteiger partial charge < -0.3 is 4.52 Å². The topological polar surface area (TPSA) is 75.4 Å². The molecule has 0 fully saturated rings. The molecule has 2 N–H and O–H groups in total. The van der Waals surface area contributed by atoms with Gasteiger partial charge in [-0.15, -0.1) is 0 Å². The molecule has 3 aromatic rings. The monoisotopic (exact) mass is 292 g/mol. The fourth-order valence-electron chi connectivity index (χ4n) is 1.58. The molecular formula is C14H10F2N2O3. The Morgan fingerprint density at radius 2 is 1.76 bits per heavy atom. The summed E-state index contributed by atoms with van der Waals surface area (Å²) >= 11 is 0. The molecule has 0 radical (unpaired) electrons. The predicted molar refractivity (Wildman–Crippen MR) is 69.6 cm³/mol. The summed E-state index contributed by atoms with van der Waals surface area (Å²) in [5, 5.41) is 12.8. The van der Waals surface area contributed by atoms with Gasteiger partial charge in [0.1, 0.15) is 17.2 Å². The summed E-state index contributed by atoms with van der Waals surface area (Å²) in [6.07, 6.45) is 1.70. The number of benzene rings is 2. The van der Waals surface area contributed by atoms with Crippen LogP contribution in [0.5, 0.6) is 0 Å². The molecule has 0 aliphatic rings. The summed E-state index contributed by atoms with van der Waals surface area (Å²) < 4.78 is 30.2. The fourth-order valence-corrected chi connectivity index (χ4v) is 1.58. The summed E-state index contributed by atoms with van der Waals surface area (Å²) in [4.78, 5) is 10.6. The Labute approximate surface area is 117 Å². The Morgan fingerprint density at radius 3 is 2.38 bits per heavy atom. The maximum atomic E-state index is 12.7. The third kappa shape index (κ3) is 3.40. The molecule has 0 aliphatic heterocycles. The fraction of sp³-hybridized carbons (Fsp3) is 0. The van der Waals surface area contributed by atoms with Crippen molar-refractivity contribution in [2.24, 2.45) is 0 Å². The highest BCUT2D eigenvalue weighted by Crippen LogP contribution is 2.11. The quantitative estimate of drug-likeness (QED) is 0.534. The highest BCUT2D eigenvalue weighted by Gasteiger charge is 2.15. The Hall–Kier alpha value is -2.80. The summed E-state index contributed by atoms with van der Waals surface area (Å²) in [5.41, 5.74) is 1.20. The maximum absolute atomic E-state index is 12.7. The van der Waals surface area contributed by atoms with E-state index in [-0.39, 0.29) is 0 Å². The summed E-state index contributed by atoms with van der Waals surface area (Å²) in [6, 6.07) is 10.7. The largest absolute Gasteiger partial charge is 0.356 e. The van der Waals surface area contributed by atoms with Crippen molar-refractivity contribution in [1.82, 2.24) is 10.6 Å². The predicted octanol–water partition coefficient (Wildman–Crippen LogP) is 2.91. The molecule has 0 aliphatic carbocycles. The summed E-state index contributed by atoms with van der Waals surface area (Å²) in [7, 11) is 0. The van der Waals surface area contributed by atoms with Gasteiger partial charge in [-0.25, -0.2) is 14.3 Å². The minimum absolute atomic E-state index is 0.792. The maximum Gasteiger partial charge on any atom is 0.280 e. The van der Waals surface area contributed by atoms with Crippen LogP contribution in [0.1, 0.15) is 10.4 Å². The zero-order valence-corrected chi connectivity index (χ0v) is 10.6. The van der Waals surface area contributed by atoms with Gasteiger partial charge in [-0.05, 0) is 24.3 Å². The molecule has 21 heavy (non-hydrogen) atoms. The molecule has 1 amide bonds. The SMILES string of the molecule is O=C(NO)c1c(F)cccc1F.c1ccc2oncc2c1. The molecule has 7 heteroatoms. The number of hydrogen-bond acceptors (Lipinski definition) is 4. The highest BCUT2D eigenvalue weighted by atomic mass is 19.1. The number of amides is 1. The first-order chi connectivity index (χ1) is 10.1. The zero-order valence-electron chi connectivity index (χ0n) is 10.6. The van der Waals surface area contributed by atoms with Gasteiger partial charge in [-0.1, -0.05) is 23.4 Å². The van der Waals surface area contributed by atoms with Gasteiger partial charge in [0.15, 0.2) is 5.58 Å². The Balaban J connectivity index is 0.000000159. The summed E-state index contributed by atoms with van der Waals surface area (Å²) in [6.45, 7) is 0. The number of carbonyl (C=O) groups excluding carboxylic acids is 1. The van der Waals surface area contributed by atoms with Crippen molar-refractivity contribution in [1.29, 1.82) is 0 Å². The average Bonchev–Trinajstić information content (AvgIpc) is 2.96. The van der Waals surface area contributed by atoms with Crippen LogP contribution in [0.4, 0.5) is 8.78 Å². The second-order valence-electron chi connectivity index (χ2n) is 3.90. The Kier molecular flexibility index (Phi) is 4.57. The number of para-hydroxylation sites is 1. The van der Waals surface area contributed by atoms with Gasteiger partial charge in [0, 0.05) is 5.39 Å². The third-order valence-electron chi connectivity index (χ3n) is 2.55. The van der Waals surface area contributed by atoms with Crippen LogP contribution in [0.15, 0.2) is 53.2 Å². The molecule has 1 heterocycles. The lowest BCUT2D eigenvalue weighted by atomic mass is 10.2. The summed E-state index contributed by atoms with van der Waals surface area (Å²) in [5.74, 6) is -3.23. The number of nitrogens with one attached hydrogen (secondary N) is 1. The van der Waals surface area contributed by atoms with E-state index < -0.39 is 23.1 Å². The lowest BCUT2D eigenvalue weighted by Gasteiger charge is -2.00. The zero-order chi connectivity index (χ0) is 15.2. The second-order valence-corrected chi connectivity index (χ2v) is 3.90. The van der Waals surface area contributed by atoms with E-state index in [0.717, 1.165) is 34.6 Å². The van der Waals surface area contributed by atoms with Crippen LogP contribution in [-0.4, -0.2) is 16.3 Å². The number of rotatable bonds is 1. The van der Waals surface area contributed by atoms with Crippen molar-refractivity contribution in [2.45, 2.75) is 0 Å². The smallest absolute Gasteiger partial charge is 0.280 e. The van der Waals surface area contributed by atoms with Crippen LogP contribution >= 0.6 is 0 Å². The van der Waals surface area contributed by atoms with Gasteiger partial charge in [-0.3, -0.25) is 10.0 Å². The molecular weight excluding hydrogens is 282 g/mol. The van der Waals surface area contributed by atoms with Crippen molar-refractivity contribution in [3.8, 4) is 0 Å². The molecule has 0 atom stereocenters. The number of carbonyl (C=O) groups is 1. The molecule has 0 bridgehead atoms. The first kappa shape index (κ1) is 14.6. The number of hydroxylamine groups is 1. The molecule has 3 rings (SSSR count). The van der Waals surface area contributed by atoms with Gasteiger partial charge >= 0.3 is 0 Å². The Bertz CT molecular complexity index is 708. The average molecular weight is 292 g/mol. The van der Waals surface area contributed by atoms with Crippen molar-refractivity contribution in [2.75, 3.05) is 0 Å². The minimum Gasteiger partial charge on any atom is -0.356 e. The van der Waals surface area contributed by atoms with Crippen LogP contribution in [0.2, 0.25) is 0 Å². The van der Waals surface area contributed by atoms with E-state index in [1.807, 2.05) is 24.3 Å². The number of nitrogens with zero attached hydrogens (tertiary/aromatic N) is 1. The van der Waals surface area contributed by atoms with Crippen molar-refractivity contribution < 1.29 is 23.3 Å². The van der Waals surface area contributed by atoms with Crippen molar-refractivity contribution in [3.63, 3.8) is 0 Å². The van der Waals surface area contributed by atoms with E-state index >= 15 is 0 Å². The molecule has 0 unspecified atom stereocenters. The van der Waals surface area contributed by atoms with Crippen molar-refractivity contribution >= 4 is 16.9 Å². The van der Waals surface area contributed by atoms with Gasteiger partial charge in [0.25, 0.3) is 5.91 Å². The normalized spacial score (nSPS) is 9.86. The van der Waals surface area contributed by atoms with Crippen molar-refractivity contribution in [3.05, 3.63) is 65.9 Å². The number of aromatic nitrogens is 1. The van der Waals surface area contributed by atoms with Crippen LogP contribution in [-0.2, 0) is 0 Å². The van der Waals surface area contributed by atoms with Crippen LogP contribution in [0, 0.1) is 11.6 Å². The lowest BCUT2D eigenvalue weighted by molar-refractivity contribution is 0.0697. The molecule has 2 aromatic carbocycles. The molecule has 0 spiro atoms. The minimum atomic E-state index is -1.20. The molecule has 5 nitrogen and oxygen atoms in total. The van der Waals surface area contributed by atoms with Crippen LogP contribution in [0.25, 0.3) is 11.0 Å².